The second kappa shape index (κ2) is 12.4. The van der Waals surface area contributed by atoms with Crippen molar-refractivity contribution >= 4 is 40.9 Å². The van der Waals surface area contributed by atoms with Gasteiger partial charge in [0, 0.05) is 31.3 Å². The van der Waals surface area contributed by atoms with Gasteiger partial charge in [0.15, 0.2) is 11.9 Å². The fourth-order valence-electron chi connectivity index (χ4n) is 4.36. The number of ketones is 1. The molecule has 2 aromatic heterocycles. The van der Waals surface area contributed by atoms with Crippen LogP contribution in [0.25, 0.3) is 0 Å². The van der Waals surface area contributed by atoms with Gasteiger partial charge in [-0.2, -0.15) is 0 Å². The maximum Gasteiger partial charge on any atom is 0.349 e. The minimum Gasteiger partial charge on any atom is -0.554 e. The van der Waals surface area contributed by atoms with E-state index < -0.39 is 18.0 Å². The number of likely N-dealkylation sites (tertiary alicyclic amines) is 1. The molecule has 1 unspecified atom stereocenters. The van der Waals surface area contributed by atoms with Crippen molar-refractivity contribution < 1.29 is 38.2 Å². The normalized spacial score (nSPS) is 19.2. The molecule has 0 amide bonds. The minimum atomic E-state index is -1.80. The van der Waals surface area contributed by atoms with Gasteiger partial charge in [-0.05, 0) is 47.2 Å². The molecule has 1 fully saturated rings. The van der Waals surface area contributed by atoms with Crippen LogP contribution < -0.4 is 5.11 Å². The molecule has 0 aliphatic carbocycles. The molecule has 4 rings (SSSR count). The second-order valence-corrected chi connectivity index (χ2v) is 10.8. The average molecular weight is 534 g/mol. The van der Waals surface area contributed by atoms with Crippen molar-refractivity contribution in [3.05, 3.63) is 80.4 Å². The van der Waals surface area contributed by atoms with Crippen LogP contribution in [0.5, 0.6) is 0 Å². The van der Waals surface area contributed by atoms with Crippen LogP contribution in [0.15, 0.2) is 59.3 Å². The number of benzene rings is 1. The number of esters is 1. The van der Waals surface area contributed by atoms with Gasteiger partial charge in [0.05, 0.1) is 29.9 Å². The molecule has 7 nitrogen and oxygen atoms in total. The summed E-state index contributed by atoms with van der Waals surface area (Å²) >= 11 is 2.65. The molecule has 3 heterocycles. The number of Topliss-reactive ketones (excluding diaryl/α,β-unsaturated/α-hetero) is 1. The molecular formula is C26H28FNO6S2. The number of carbonyl (C=O) groups is 3. The van der Waals surface area contributed by atoms with Crippen molar-refractivity contribution in [3.8, 4) is 0 Å². The van der Waals surface area contributed by atoms with Gasteiger partial charge in [0.1, 0.15) is 12.4 Å². The first-order valence-electron chi connectivity index (χ1n) is 11.4. The topological polar surface area (TPSA) is 104 Å². The third-order valence-electron chi connectivity index (χ3n) is 6.23. The van der Waals surface area contributed by atoms with Gasteiger partial charge in [-0.15, -0.1) is 22.7 Å². The molecule has 10 heteroatoms. The molecule has 0 radical (unpaired) electrons. The molecule has 0 bridgehead atoms. The highest BCUT2D eigenvalue weighted by atomic mass is 32.1. The van der Waals surface area contributed by atoms with Gasteiger partial charge in [-0.25, -0.2) is 9.18 Å². The van der Waals surface area contributed by atoms with Crippen LogP contribution in [0.3, 0.4) is 0 Å². The second-order valence-electron chi connectivity index (χ2n) is 8.86. The van der Waals surface area contributed by atoms with Crippen molar-refractivity contribution in [3.63, 3.8) is 0 Å². The van der Waals surface area contributed by atoms with Crippen LogP contribution >= 0.6 is 22.7 Å². The highest BCUT2D eigenvalue weighted by Gasteiger charge is 2.46. The van der Waals surface area contributed by atoms with E-state index in [2.05, 4.69) is 7.05 Å². The van der Waals surface area contributed by atoms with E-state index in [9.17, 15) is 19.1 Å². The third kappa shape index (κ3) is 6.64. The fraction of sp³-hybridized carbons (Fsp3) is 0.346. The Balaban J connectivity index is 0.00000115. The highest BCUT2D eigenvalue weighted by Crippen LogP contribution is 2.37. The minimum absolute atomic E-state index is 0.000680. The van der Waals surface area contributed by atoms with E-state index in [0.29, 0.717) is 45.6 Å². The molecule has 1 aromatic carbocycles. The Morgan fingerprint density at radius 2 is 1.75 bits per heavy atom. The number of carbonyl (C=O) groups excluding carboxylic acids is 3. The molecule has 3 aromatic rings. The molecule has 0 saturated carbocycles. The van der Waals surface area contributed by atoms with Gasteiger partial charge in [-0.3, -0.25) is 4.79 Å². The summed E-state index contributed by atoms with van der Waals surface area (Å²) in [5, 5.41) is 23.3. The number of halogens is 1. The Morgan fingerprint density at radius 3 is 2.28 bits per heavy atom. The number of carboxylic acid groups (broad SMARTS) is 1. The SMILES string of the molecule is C[N+]1(CCCC(=O)c2ccc(F)cc2)CC[C@@H](OC(=O)C(O)(c2cccs2)c2cccs2)C1.O=C[O-]. The van der Waals surface area contributed by atoms with E-state index >= 15 is 0 Å². The van der Waals surface area contributed by atoms with Gasteiger partial charge in [0.25, 0.3) is 0 Å². The van der Waals surface area contributed by atoms with Crippen LogP contribution in [-0.2, 0) is 19.9 Å². The number of aliphatic hydroxyl groups is 1. The lowest BCUT2D eigenvalue weighted by Gasteiger charge is -2.30. The molecule has 36 heavy (non-hydrogen) atoms. The zero-order chi connectivity index (χ0) is 26.2. The molecule has 0 spiro atoms. The summed E-state index contributed by atoms with van der Waals surface area (Å²) in [6.07, 6.45) is 1.50. The molecule has 2 atom stereocenters. The zero-order valence-electron chi connectivity index (χ0n) is 19.8. The monoisotopic (exact) mass is 533 g/mol. The van der Waals surface area contributed by atoms with Crippen molar-refractivity contribution in [1.82, 2.24) is 0 Å². The number of likely N-dealkylation sites (N-methyl/N-ethyl adjacent to an activating group) is 1. The van der Waals surface area contributed by atoms with Crippen molar-refractivity contribution in [1.29, 1.82) is 0 Å². The summed E-state index contributed by atoms with van der Waals surface area (Å²) in [6, 6.07) is 12.7. The highest BCUT2D eigenvalue weighted by molar-refractivity contribution is 7.12. The lowest BCUT2D eigenvalue weighted by Crippen LogP contribution is -2.45. The Bertz CT molecular complexity index is 1100. The van der Waals surface area contributed by atoms with E-state index in [1.165, 1.54) is 46.9 Å². The van der Waals surface area contributed by atoms with Crippen LogP contribution in [0.1, 0.15) is 39.4 Å². The van der Waals surface area contributed by atoms with Gasteiger partial charge in [-0.1, -0.05) is 12.1 Å². The number of quaternary nitrogens is 1. The van der Waals surface area contributed by atoms with E-state index in [1.807, 2.05) is 22.9 Å². The van der Waals surface area contributed by atoms with Crippen LogP contribution in [0.4, 0.5) is 4.39 Å². The van der Waals surface area contributed by atoms with Crippen LogP contribution in [0, 0.1) is 5.82 Å². The Labute approximate surface area is 217 Å². The maximum atomic E-state index is 13.2. The average Bonchev–Trinajstić information content (AvgIpc) is 3.63. The first-order valence-corrected chi connectivity index (χ1v) is 13.2. The van der Waals surface area contributed by atoms with Crippen LogP contribution in [0.2, 0.25) is 0 Å². The van der Waals surface area contributed by atoms with Crippen molar-refractivity contribution in [2.75, 3.05) is 26.7 Å². The summed E-state index contributed by atoms with van der Waals surface area (Å²) in [5.41, 5.74) is -1.27. The Morgan fingerprint density at radius 1 is 1.17 bits per heavy atom. The predicted molar refractivity (Wildman–Crippen MR) is 133 cm³/mol. The summed E-state index contributed by atoms with van der Waals surface area (Å²) in [5.74, 6) is -0.995. The van der Waals surface area contributed by atoms with E-state index in [-0.39, 0.29) is 17.7 Å². The quantitative estimate of drug-likeness (QED) is 0.196. The molecule has 1 aliphatic heterocycles. The van der Waals surface area contributed by atoms with Crippen molar-refractivity contribution in [2.45, 2.75) is 31.0 Å². The molecular weight excluding hydrogens is 505 g/mol. The summed E-state index contributed by atoms with van der Waals surface area (Å²) in [6.45, 7) is 1.75. The summed E-state index contributed by atoms with van der Waals surface area (Å²) in [7, 11) is 2.10. The van der Waals surface area contributed by atoms with Gasteiger partial charge >= 0.3 is 5.97 Å². The third-order valence-corrected chi connectivity index (χ3v) is 8.19. The maximum absolute atomic E-state index is 13.2. The first kappa shape index (κ1) is 27.7. The molecule has 1 saturated heterocycles. The number of hydrogen-bond donors (Lipinski definition) is 1. The van der Waals surface area contributed by atoms with Crippen LogP contribution in [-0.4, -0.2) is 60.6 Å². The van der Waals surface area contributed by atoms with Gasteiger partial charge < -0.3 is 24.2 Å². The number of nitrogens with zero attached hydrogens (tertiary/aromatic N) is 1. The fourth-order valence-corrected chi connectivity index (χ4v) is 6.07. The lowest BCUT2D eigenvalue weighted by molar-refractivity contribution is -0.899. The number of hydrogen-bond acceptors (Lipinski definition) is 8. The zero-order valence-corrected chi connectivity index (χ0v) is 21.4. The predicted octanol–water partition coefficient (Wildman–Crippen LogP) is 2.98. The number of ether oxygens (including phenoxy) is 1. The summed E-state index contributed by atoms with van der Waals surface area (Å²) < 4.78 is 19.6. The van der Waals surface area contributed by atoms with E-state index in [1.54, 1.807) is 12.1 Å². The number of rotatable bonds is 9. The molecule has 1 aliphatic rings. The van der Waals surface area contributed by atoms with Crippen molar-refractivity contribution in [2.24, 2.45) is 0 Å². The molecule has 1 N–H and O–H groups in total. The first-order chi connectivity index (χ1) is 17.2. The lowest BCUT2D eigenvalue weighted by atomic mass is 10.00. The molecule has 192 valence electrons. The number of thiophene rings is 2. The largest absolute Gasteiger partial charge is 0.554 e. The smallest absolute Gasteiger partial charge is 0.349 e. The van der Waals surface area contributed by atoms with E-state index in [4.69, 9.17) is 14.6 Å². The standard InChI is InChI=1S/C25H27FNO4S2.CH2O2/c1-27(13-2-5-21(28)18-8-10-19(26)11-9-18)14-12-20(17-27)31-24(29)25(30,22-6-3-15-32-22)23-7-4-16-33-23;2-1-3/h3-4,6-11,15-16,20,30H,2,5,12-14,17H2,1H3;1H,(H,2,3)/q+1;/p-1/t20-,27?;/m1./s1. The van der Waals surface area contributed by atoms with E-state index in [0.717, 1.165) is 13.1 Å². The Hall–Kier alpha value is -2.92. The Kier molecular flexibility index (Phi) is 9.49. The van der Waals surface area contributed by atoms with Gasteiger partial charge in [0.2, 0.25) is 5.60 Å². The summed E-state index contributed by atoms with van der Waals surface area (Å²) in [4.78, 5) is 34.9.